The van der Waals surface area contributed by atoms with Crippen LogP contribution in [0.3, 0.4) is 0 Å². The van der Waals surface area contributed by atoms with Crippen LogP contribution in [0.15, 0.2) is 47.4 Å². The summed E-state index contributed by atoms with van der Waals surface area (Å²) in [6.45, 7) is 1.83. The van der Waals surface area contributed by atoms with Crippen LogP contribution in [0.5, 0.6) is 0 Å². The third kappa shape index (κ3) is 3.53. The summed E-state index contributed by atoms with van der Waals surface area (Å²) in [6, 6.07) is 9.77. The van der Waals surface area contributed by atoms with E-state index >= 15 is 0 Å². The first kappa shape index (κ1) is 15.3. The van der Waals surface area contributed by atoms with Gasteiger partial charge in [-0.3, -0.25) is 4.72 Å². The van der Waals surface area contributed by atoms with Crippen LogP contribution in [0.2, 0.25) is 5.02 Å². The zero-order chi connectivity index (χ0) is 15.6. The third-order valence-corrected chi connectivity index (χ3v) is 4.42. The largest absolute Gasteiger partial charge is 0.545 e. The van der Waals surface area contributed by atoms with E-state index in [1.54, 1.807) is 12.1 Å². The van der Waals surface area contributed by atoms with Crippen molar-refractivity contribution in [2.45, 2.75) is 11.8 Å². The van der Waals surface area contributed by atoms with Gasteiger partial charge in [0.25, 0.3) is 10.0 Å². The Morgan fingerprint density at radius 3 is 2.52 bits per heavy atom. The van der Waals surface area contributed by atoms with Gasteiger partial charge in [-0.15, -0.1) is 0 Å². The summed E-state index contributed by atoms with van der Waals surface area (Å²) >= 11 is 5.97. The second-order valence-electron chi connectivity index (χ2n) is 4.40. The summed E-state index contributed by atoms with van der Waals surface area (Å²) in [6.07, 6.45) is 0. The Morgan fingerprint density at radius 1 is 1.19 bits per heavy atom. The zero-order valence-electron chi connectivity index (χ0n) is 11.0. The Morgan fingerprint density at radius 2 is 1.90 bits per heavy atom. The lowest BCUT2D eigenvalue weighted by atomic mass is 10.2. The van der Waals surface area contributed by atoms with E-state index < -0.39 is 16.0 Å². The normalized spacial score (nSPS) is 11.1. The van der Waals surface area contributed by atoms with Crippen LogP contribution in [0.1, 0.15) is 15.9 Å². The number of sulfonamides is 1. The van der Waals surface area contributed by atoms with Gasteiger partial charge in [0.2, 0.25) is 0 Å². The summed E-state index contributed by atoms with van der Waals surface area (Å²) in [5.41, 5.74) is 0.899. The molecule has 0 bridgehead atoms. The fourth-order valence-corrected chi connectivity index (χ4v) is 3.16. The number of carbonyl (C=O) groups is 1. The average Bonchev–Trinajstić information content (AvgIpc) is 2.42. The monoisotopic (exact) mass is 324 g/mol. The van der Waals surface area contributed by atoms with Gasteiger partial charge < -0.3 is 9.90 Å². The van der Waals surface area contributed by atoms with Gasteiger partial charge in [-0.1, -0.05) is 29.8 Å². The highest BCUT2D eigenvalue weighted by Crippen LogP contribution is 2.25. The molecule has 0 aromatic heterocycles. The highest BCUT2D eigenvalue weighted by atomic mass is 35.5. The van der Waals surface area contributed by atoms with Gasteiger partial charge in [0, 0.05) is 0 Å². The molecule has 2 rings (SSSR count). The molecule has 0 fully saturated rings. The summed E-state index contributed by atoms with van der Waals surface area (Å²) in [4.78, 5) is 10.6. The Balaban J connectivity index is 2.38. The molecule has 0 atom stereocenters. The molecule has 0 unspecified atom stereocenters. The molecule has 0 saturated heterocycles. The quantitative estimate of drug-likeness (QED) is 0.929. The van der Waals surface area contributed by atoms with Crippen molar-refractivity contribution < 1.29 is 18.3 Å². The van der Waals surface area contributed by atoms with Crippen molar-refractivity contribution in [1.29, 1.82) is 0 Å². The molecule has 0 heterocycles. The lowest BCUT2D eigenvalue weighted by molar-refractivity contribution is -0.255. The summed E-state index contributed by atoms with van der Waals surface area (Å²) in [5.74, 6) is -1.44. The number of carboxylic acids is 1. The Bertz CT molecular complexity index is 802. The van der Waals surface area contributed by atoms with Crippen molar-refractivity contribution in [1.82, 2.24) is 0 Å². The van der Waals surface area contributed by atoms with Crippen molar-refractivity contribution in [2.75, 3.05) is 4.72 Å². The molecular weight excluding hydrogens is 314 g/mol. The van der Waals surface area contributed by atoms with Crippen molar-refractivity contribution in [3.05, 3.63) is 58.6 Å². The number of hydrogen-bond acceptors (Lipinski definition) is 4. The number of aromatic carboxylic acids is 1. The maximum Gasteiger partial charge on any atom is 0.261 e. The minimum absolute atomic E-state index is 0.180. The molecule has 0 radical (unpaired) electrons. The molecule has 0 aliphatic rings. The smallest absolute Gasteiger partial charge is 0.261 e. The fourth-order valence-electron chi connectivity index (χ4n) is 1.70. The van der Waals surface area contributed by atoms with Gasteiger partial charge in [-0.05, 0) is 42.3 Å². The highest BCUT2D eigenvalue weighted by Gasteiger charge is 2.16. The number of carbonyl (C=O) groups excluding carboxylic acids is 1. The van der Waals surface area contributed by atoms with Crippen LogP contribution >= 0.6 is 11.6 Å². The first-order valence-electron chi connectivity index (χ1n) is 5.90. The van der Waals surface area contributed by atoms with Crippen molar-refractivity contribution in [3.63, 3.8) is 0 Å². The summed E-state index contributed by atoms with van der Waals surface area (Å²) in [5, 5.41) is 11.0. The van der Waals surface area contributed by atoms with E-state index in [9.17, 15) is 18.3 Å². The predicted molar refractivity (Wildman–Crippen MR) is 77.8 cm³/mol. The third-order valence-electron chi connectivity index (χ3n) is 2.75. The van der Waals surface area contributed by atoms with Crippen molar-refractivity contribution in [3.8, 4) is 0 Å². The van der Waals surface area contributed by atoms with Gasteiger partial charge in [0.05, 0.1) is 21.6 Å². The SMILES string of the molecule is Cc1ccc(NS(=O)(=O)c2cccc(C(=O)[O-])c2)c(Cl)c1. The molecule has 0 aliphatic carbocycles. The molecule has 21 heavy (non-hydrogen) atoms. The highest BCUT2D eigenvalue weighted by molar-refractivity contribution is 7.92. The topological polar surface area (TPSA) is 86.3 Å². The average molecular weight is 325 g/mol. The number of hydrogen-bond donors (Lipinski definition) is 1. The van der Waals surface area contributed by atoms with E-state index in [-0.39, 0.29) is 21.2 Å². The molecular formula is C14H11ClNO4S-. The zero-order valence-corrected chi connectivity index (χ0v) is 12.5. The predicted octanol–water partition coefficient (Wildman–Crippen LogP) is 1.81. The molecule has 1 N–H and O–H groups in total. The van der Waals surface area contributed by atoms with Gasteiger partial charge in [-0.2, -0.15) is 0 Å². The summed E-state index contributed by atoms with van der Waals surface area (Å²) in [7, 11) is -3.93. The Hall–Kier alpha value is -2.05. The van der Waals surface area contributed by atoms with Crippen LogP contribution in [-0.2, 0) is 10.0 Å². The lowest BCUT2D eigenvalue weighted by Gasteiger charge is -2.11. The number of halogens is 1. The molecule has 0 spiro atoms. The van der Waals surface area contributed by atoms with Gasteiger partial charge in [-0.25, -0.2) is 8.42 Å². The summed E-state index contributed by atoms with van der Waals surface area (Å²) < 4.78 is 26.8. The van der Waals surface area contributed by atoms with E-state index in [1.807, 2.05) is 6.92 Å². The number of anilines is 1. The van der Waals surface area contributed by atoms with Crippen LogP contribution in [-0.4, -0.2) is 14.4 Å². The van der Waals surface area contributed by atoms with Gasteiger partial charge in [0.1, 0.15) is 0 Å². The molecule has 2 aromatic carbocycles. The second kappa shape index (κ2) is 5.75. The molecule has 2 aromatic rings. The van der Waals surface area contributed by atoms with E-state index in [2.05, 4.69) is 4.72 Å². The van der Waals surface area contributed by atoms with Crippen LogP contribution in [0.25, 0.3) is 0 Å². The second-order valence-corrected chi connectivity index (χ2v) is 6.49. The molecule has 0 aliphatic heterocycles. The minimum atomic E-state index is -3.93. The molecule has 7 heteroatoms. The van der Waals surface area contributed by atoms with E-state index in [0.717, 1.165) is 11.6 Å². The molecule has 5 nitrogen and oxygen atoms in total. The maximum atomic E-state index is 12.2. The number of rotatable bonds is 4. The van der Waals surface area contributed by atoms with Crippen LogP contribution < -0.4 is 9.83 Å². The van der Waals surface area contributed by atoms with E-state index in [1.165, 1.54) is 24.3 Å². The maximum absolute atomic E-state index is 12.2. The van der Waals surface area contributed by atoms with Crippen LogP contribution in [0.4, 0.5) is 5.69 Å². The van der Waals surface area contributed by atoms with E-state index in [0.29, 0.717) is 0 Å². The first-order chi connectivity index (χ1) is 9.79. The standard InChI is InChI=1S/C14H12ClNO4S/c1-9-5-6-13(12(15)7-9)16-21(19,20)11-4-2-3-10(8-11)14(17)18/h2-8,16H,1H3,(H,17,18)/p-1. The van der Waals surface area contributed by atoms with Crippen LogP contribution in [0, 0.1) is 6.92 Å². The number of benzene rings is 2. The fraction of sp³-hybridized carbons (Fsp3) is 0.0714. The number of aryl methyl sites for hydroxylation is 1. The van der Waals surface area contributed by atoms with Gasteiger partial charge in [0.15, 0.2) is 0 Å². The van der Waals surface area contributed by atoms with Crippen molar-refractivity contribution in [2.24, 2.45) is 0 Å². The minimum Gasteiger partial charge on any atom is -0.545 e. The van der Waals surface area contributed by atoms with Gasteiger partial charge >= 0.3 is 0 Å². The molecule has 0 amide bonds. The Labute approximate surface area is 127 Å². The van der Waals surface area contributed by atoms with E-state index in [4.69, 9.17) is 11.6 Å². The lowest BCUT2D eigenvalue weighted by Crippen LogP contribution is -2.23. The molecule has 0 saturated carbocycles. The molecule has 110 valence electrons. The van der Waals surface area contributed by atoms with Crippen molar-refractivity contribution >= 4 is 33.3 Å². The first-order valence-corrected chi connectivity index (χ1v) is 7.76. The number of nitrogens with one attached hydrogen (secondary N) is 1. The Kier molecular flexibility index (Phi) is 4.20. The number of carboxylic acid groups (broad SMARTS) is 1.